The van der Waals surface area contributed by atoms with E-state index in [-0.39, 0.29) is 13.8 Å². The van der Waals surface area contributed by atoms with Crippen LogP contribution in [0.1, 0.15) is 37.4 Å². The van der Waals surface area contributed by atoms with Crippen molar-refractivity contribution in [1.29, 1.82) is 0 Å². The molecule has 1 aromatic carbocycles. The number of hydrogen-bond donors (Lipinski definition) is 0. The Morgan fingerprint density at radius 3 is 2.23 bits per heavy atom. The van der Waals surface area contributed by atoms with Crippen LogP contribution in [-0.4, -0.2) is 56.2 Å². The van der Waals surface area contributed by atoms with Crippen LogP contribution in [0.3, 0.4) is 0 Å². The molecule has 1 aliphatic rings. The van der Waals surface area contributed by atoms with E-state index in [4.69, 9.17) is 19.4 Å². The highest BCUT2D eigenvalue weighted by molar-refractivity contribution is 7.96. The minimum absolute atomic E-state index is 0.0483. The Morgan fingerprint density at radius 1 is 1.06 bits per heavy atom. The first-order chi connectivity index (χ1) is 14.3. The zero-order valence-corrected chi connectivity index (χ0v) is 21.2. The Morgan fingerprint density at radius 2 is 1.65 bits per heavy atom. The number of halogens is 1. The van der Waals surface area contributed by atoms with Gasteiger partial charge < -0.3 is 4.90 Å². The molecule has 0 aliphatic carbocycles. The van der Waals surface area contributed by atoms with E-state index in [9.17, 15) is 16.8 Å². The van der Waals surface area contributed by atoms with Crippen molar-refractivity contribution in [2.75, 3.05) is 32.1 Å². The Hall–Kier alpha value is -1.07. The molecule has 3 rings (SSSR count). The van der Waals surface area contributed by atoms with Gasteiger partial charge in [0.05, 0.1) is 23.7 Å². The molecule has 2 aromatic rings. The Kier molecular flexibility index (Phi) is 6.90. The van der Waals surface area contributed by atoms with Gasteiger partial charge in [-0.05, 0) is 42.0 Å². The SMILES string of the molecule is [B]C(c1cccc(Cl)c1N1CCC(C)(C)CC1)S(=O)(=O)c1ccc(S(=O)(=O)N(C)C)s1. The van der Waals surface area contributed by atoms with Crippen molar-refractivity contribution in [2.24, 2.45) is 5.41 Å². The summed E-state index contributed by atoms with van der Waals surface area (Å²) in [5, 5.41) is -0.922. The van der Waals surface area contributed by atoms with Gasteiger partial charge in [0.1, 0.15) is 8.42 Å². The third-order valence-electron chi connectivity index (χ3n) is 5.66. The molecule has 6 nitrogen and oxygen atoms in total. The van der Waals surface area contributed by atoms with Gasteiger partial charge in [0.2, 0.25) is 0 Å². The predicted octanol–water partition coefficient (Wildman–Crippen LogP) is 3.92. The molecule has 2 heterocycles. The fourth-order valence-corrected chi connectivity index (χ4v) is 8.24. The lowest BCUT2D eigenvalue weighted by molar-refractivity contribution is 0.279. The number of nitrogens with zero attached hydrogens (tertiary/aromatic N) is 2. The van der Waals surface area contributed by atoms with E-state index in [0.717, 1.165) is 30.2 Å². The average molecular weight is 501 g/mol. The number of para-hydroxylation sites is 1. The second-order valence-electron chi connectivity index (χ2n) is 8.66. The van der Waals surface area contributed by atoms with Gasteiger partial charge in [-0.3, -0.25) is 0 Å². The second kappa shape index (κ2) is 8.70. The lowest BCUT2D eigenvalue weighted by Crippen LogP contribution is -2.38. The fraction of sp³-hybridized carbons (Fsp3) is 0.500. The van der Waals surface area contributed by atoms with Crippen molar-refractivity contribution in [3.8, 4) is 0 Å². The number of benzene rings is 1. The van der Waals surface area contributed by atoms with Gasteiger partial charge >= 0.3 is 0 Å². The van der Waals surface area contributed by atoms with Crippen LogP contribution in [0.25, 0.3) is 0 Å². The highest BCUT2D eigenvalue weighted by Gasteiger charge is 2.33. The molecular weight excluding hydrogens is 475 g/mol. The fourth-order valence-electron chi connectivity index (χ4n) is 3.50. The highest BCUT2D eigenvalue weighted by atomic mass is 35.5. The lowest BCUT2D eigenvalue weighted by Gasteiger charge is -2.39. The van der Waals surface area contributed by atoms with E-state index in [0.29, 0.717) is 27.6 Å². The maximum absolute atomic E-state index is 13.3. The first-order valence-corrected chi connectivity index (χ1v) is 14.0. The van der Waals surface area contributed by atoms with Gasteiger partial charge in [-0.15, -0.1) is 11.3 Å². The quantitative estimate of drug-likeness (QED) is 0.562. The zero-order chi connectivity index (χ0) is 23.2. The van der Waals surface area contributed by atoms with Gasteiger partial charge in [0, 0.05) is 27.2 Å². The molecule has 1 aromatic heterocycles. The van der Waals surface area contributed by atoms with Crippen LogP contribution >= 0.6 is 22.9 Å². The van der Waals surface area contributed by atoms with E-state index in [2.05, 4.69) is 18.7 Å². The summed E-state index contributed by atoms with van der Waals surface area (Å²) < 4.78 is 52.2. The third kappa shape index (κ3) is 4.83. The maximum atomic E-state index is 13.3. The van der Waals surface area contributed by atoms with Crippen LogP contribution in [0, 0.1) is 5.41 Å². The minimum Gasteiger partial charge on any atom is -0.370 e. The smallest absolute Gasteiger partial charge is 0.252 e. The van der Waals surface area contributed by atoms with Crippen LogP contribution in [0.15, 0.2) is 38.8 Å². The van der Waals surface area contributed by atoms with Crippen LogP contribution in [0.2, 0.25) is 5.02 Å². The molecular formula is C20H26BClN2O4S3. The molecule has 1 saturated heterocycles. The number of piperidine rings is 1. The normalized spacial score (nSPS) is 18.3. The Bertz CT molecular complexity index is 1170. The minimum atomic E-state index is -4.03. The molecule has 1 unspecified atom stereocenters. The van der Waals surface area contributed by atoms with Gasteiger partial charge in [-0.2, -0.15) is 0 Å². The monoisotopic (exact) mass is 500 g/mol. The van der Waals surface area contributed by atoms with Crippen LogP contribution in [0.4, 0.5) is 5.69 Å². The standard InChI is InChI=1S/C20H26BClN2O4S3/c1-20(2)10-12-24(13-11-20)18-14(6-5-7-15(18)22)19(21)30(25,26)16-8-9-17(29-16)31(27,28)23(3)4/h5-9,19H,10-13H2,1-4H3. The first kappa shape index (κ1) is 24.6. The van der Waals surface area contributed by atoms with E-state index in [1.165, 1.54) is 26.2 Å². The van der Waals surface area contributed by atoms with Gasteiger partial charge in [-0.1, -0.05) is 37.6 Å². The number of sulfonamides is 1. The summed E-state index contributed by atoms with van der Waals surface area (Å²) >= 11 is 7.20. The molecule has 1 aliphatic heterocycles. The topological polar surface area (TPSA) is 74.8 Å². The summed E-state index contributed by atoms with van der Waals surface area (Å²) in [4.78, 5) is 2.09. The first-order valence-electron chi connectivity index (χ1n) is 9.82. The molecule has 0 saturated carbocycles. The van der Waals surface area contributed by atoms with E-state index >= 15 is 0 Å². The largest absolute Gasteiger partial charge is 0.370 e. The number of anilines is 1. The van der Waals surface area contributed by atoms with Crippen molar-refractivity contribution in [1.82, 2.24) is 4.31 Å². The summed E-state index contributed by atoms with van der Waals surface area (Å²) in [7, 11) is 1.32. The van der Waals surface area contributed by atoms with Crippen LogP contribution < -0.4 is 4.90 Å². The number of rotatable bonds is 6. The highest BCUT2D eigenvalue weighted by Crippen LogP contribution is 2.42. The summed E-state index contributed by atoms with van der Waals surface area (Å²) in [6.45, 7) is 5.93. The number of thiophene rings is 1. The molecule has 11 heteroatoms. The van der Waals surface area contributed by atoms with Crippen molar-refractivity contribution in [3.05, 3.63) is 40.9 Å². The molecule has 0 bridgehead atoms. The molecule has 0 amide bonds. The molecule has 0 spiro atoms. The van der Waals surface area contributed by atoms with Gasteiger partial charge in [0.25, 0.3) is 10.0 Å². The Balaban J connectivity index is 1.99. The van der Waals surface area contributed by atoms with E-state index in [1.807, 2.05) is 0 Å². The van der Waals surface area contributed by atoms with Crippen molar-refractivity contribution < 1.29 is 16.8 Å². The van der Waals surface area contributed by atoms with Crippen molar-refractivity contribution >= 4 is 56.3 Å². The zero-order valence-electron chi connectivity index (χ0n) is 18.0. The van der Waals surface area contributed by atoms with E-state index in [1.54, 1.807) is 18.2 Å². The summed E-state index contributed by atoms with van der Waals surface area (Å²) in [5.41, 5.74) is 1.27. The molecule has 31 heavy (non-hydrogen) atoms. The van der Waals surface area contributed by atoms with Crippen molar-refractivity contribution in [3.63, 3.8) is 0 Å². The van der Waals surface area contributed by atoms with Crippen LogP contribution in [-0.2, 0) is 19.9 Å². The molecule has 0 N–H and O–H groups in total. The number of hydrogen-bond acceptors (Lipinski definition) is 6. The maximum Gasteiger partial charge on any atom is 0.252 e. The summed E-state index contributed by atoms with van der Waals surface area (Å²) in [6, 6.07) is 7.68. The van der Waals surface area contributed by atoms with Gasteiger partial charge in [0.15, 0.2) is 9.84 Å². The summed E-state index contributed by atoms with van der Waals surface area (Å²) in [6.07, 6.45) is 1.91. The van der Waals surface area contributed by atoms with E-state index < -0.39 is 25.0 Å². The predicted molar refractivity (Wildman–Crippen MR) is 128 cm³/mol. The van der Waals surface area contributed by atoms with Gasteiger partial charge in [-0.25, -0.2) is 21.1 Å². The van der Waals surface area contributed by atoms with Crippen LogP contribution in [0.5, 0.6) is 0 Å². The van der Waals surface area contributed by atoms with Crippen molar-refractivity contribution in [2.45, 2.75) is 40.3 Å². The molecule has 2 radical (unpaired) electrons. The molecule has 168 valence electrons. The summed E-state index contributed by atoms with van der Waals surface area (Å²) in [5.74, 6) is 0. The third-order valence-corrected chi connectivity index (χ3v) is 11.7. The molecule has 1 atom stereocenters. The second-order valence-corrected chi connectivity index (χ2v) is 14.8. The molecule has 1 fully saturated rings. The Labute approximate surface area is 195 Å². The number of sulfone groups is 1. The average Bonchev–Trinajstić information content (AvgIpc) is 3.19. The lowest BCUT2D eigenvalue weighted by atomic mass is 9.82.